The van der Waals surface area contributed by atoms with E-state index in [1.54, 1.807) is 11.8 Å². The Hall–Kier alpha value is -3.22. The zero-order valence-electron chi connectivity index (χ0n) is 17.2. The minimum absolute atomic E-state index is 0.0157. The highest BCUT2D eigenvalue weighted by Gasteiger charge is 2.35. The van der Waals surface area contributed by atoms with Gasteiger partial charge in [-0.2, -0.15) is 0 Å². The fourth-order valence-corrected chi connectivity index (χ4v) is 4.05. The van der Waals surface area contributed by atoms with Crippen LogP contribution >= 0.6 is 0 Å². The van der Waals surface area contributed by atoms with Crippen LogP contribution in [0.25, 0.3) is 5.95 Å². The van der Waals surface area contributed by atoms with E-state index in [0.29, 0.717) is 36.7 Å². The molecule has 0 saturated heterocycles. The molecule has 0 saturated carbocycles. The number of carbonyl (C=O) groups excluding carboxylic acids is 1. The molecule has 2 aromatic heterocycles. The van der Waals surface area contributed by atoms with Gasteiger partial charge >= 0.3 is 0 Å². The van der Waals surface area contributed by atoms with Gasteiger partial charge in [0.15, 0.2) is 11.6 Å². The van der Waals surface area contributed by atoms with Crippen molar-refractivity contribution in [1.82, 2.24) is 19.7 Å². The van der Waals surface area contributed by atoms with Crippen molar-refractivity contribution in [2.45, 2.75) is 39.5 Å². The first-order valence-electron chi connectivity index (χ1n) is 9.86. The van der Waals surface area contributed by atoms with Crippen LogP contribution in [0.1, 0.15) is 52.3 Å². The zero-order valence-corrected chi connectivity index (χ0v) is 17.2. The molecule has 1 atom stereocenters. The summed E-state index contributed by atoms with van der Waals surface area (Å²) in [7, 11) is 1.66. The lowest BCUT2D eigenvalue weighted by atomic mass is 9.81. The number of nitrogens with one attached hydrogen (secondary N) is 1. The summed E-state index contributed by atoms with van der Waals surface area (Å²) in [4.78, 5) is 22.3. The molecule has 0 amide bonds. The monoisotopic (exact) mass is 391 g/mol. The molecule has 0 spiro atoms. The molecule has 4 rings (SSSR count). The van der Waals surface area contributed by atoms with Crippen molar-refractivity contribution in [3.8, 4) is 11.7 Å². The first kappa shape index (κ1) is 19.1. The number of aromatic nitrogens is 4. The highest BCUT2D eigenvalue weighted by atomic mass is 16.5. The Bertz CT molecular complexity index is 1050. The standard InChI is InChI=1S/C22H25N5O2/c1-5-23-21-20-17(27(26-21)22-24-13(2)10-14(3)25-22)11-15(12-18(20)28)16-8-6-7-9-19(16)29-4/h6-10,15H,5,11-12H2,1-4H3,(H,23,26). The van der Waals surface area contributed by atoms with Gasteiger partial charge in [-0.3, -0.25) is 4.79 Å². The van der Waals surface area contributed by atoms with Gasteiger partial charge in [0.05, 0.1) is 18.4 Å². The number of fused-ring (bicyclic) bond motifs is 1. The van der Waals surface area contributed by atoms with Gasteiger partial charge in [0, 0.05) is 30.3 Å². The van der Waals surface area contributed by atoms with Crippen LogP contribution in [0, 0.1) is 13.8 Å². The number of aryl methyl sites for hydroxylation is 2. The molecule has 0 radical (unpaired) electrons. The quantitative estimate of drug-likeness (QED) is 0.715. The summed E-state index contributed by atoms with van der Waals surface area (Å²) in [6, 6.07) is 9.81. The summed E-state index contributed by atoms with van der Waals surface area (Å²) in [5.41, 5.74) is 4.27. The number of benzene rings is 1. The Kier molecular flexibility index (Phi) is 5.05. The van der Waals surface area contributed by atoms with E-state index in [9.17, 15) is 4.79 Å². The van der Waals surface area contributed by atoms with E-state index in [-0.39, 0.29) is 11.7 Å². The van der Waals surface area contributed by atoms with E-state index in [1.807, 2.05) is 51.1 Å². The molecular formula is C22H25N5O2. The molecular weight excluding hydrogens is 366 g/mol. The predicted molar refractivity (Wildman–Crippen MR) is 111 cm³/mol. The highest BCUT2D eigenvalue weighted by Crippen LogP contribution is 2.39. The van der Waals surface area contributed by atoms with Gasteiger partial charge in [-0.15, -0.1) is 5.10 Å². The summed E-state index contributed by atoms with van der Waals surface area (Å²) in [6.45, 7) is 6.54. The number of ketones is 1. The normalized spacial score (nSPS) is 15.9. The molecule has 0 fully saturated rings. The number of rotatable bonds is 5. The number of para-hydroxylation sites is 1. The summed E-state index contributed by atoms with van der Waals surface area (Å²) < 4.78 is 7.27. The van der Waals surface area contributed by atoms with Gasteiger partial charge in [-0.25, -0.2) is 14.6 Å². The van der Waals surface area contributed by atoms with Crippen LogP contribution in [0.4, 0.5) is 5.82 Å². The average Bonchev–Trinajstić information content (AvgIpc) is 3.06. The number of methoxy groups -OCH3 is 1. The minimum atomic E-state index is 0.0157. The molecule has 7 heteroatoms. The molecule has 1 N–H and O–H groups in total. The third kappa shape index (κ3) is 3.48. The number of ether oxygens (including phenoxy) is 1. The van der Waals surface area contributed by atoms with Crippen molar-refractivity contribution in [3.05, 3.63) is 58.5 Å². The molecule has 1 aliphatic rings. The smallest absolute Gasteiger partial charge is 0.251 e. The Morgan fingerprint density at radius 3 is 2.59 bits per heavy atom. The van der Waals surface area contributed by atoms with Crippen molar-refractivity contribution >= 4 is 11.6 Å². The topological polar surface area (TPSA) is 81.9 Å². The zero-order chi connectivity index (χ0) is 20.5. The molecule has 1 aliphatic carbocycles. The number of Topliss-reactive ketones (excluding diaryl/α,β-unsaturated/α-hetero) is 1. The van der Waals surface area contributed by atoms with E-state index in [1.165, 1.54) is 0 Å². The highest BCUT2D eigenvalue weighted by molar-refractivity contribution is 6.03. The van der Waals surface area contributed by atoms with E-state index in [0.717, 1.165) is 28.4 Å². The van der Waals surface area contributed by atoms with Crippen LogP contribution in [0.15, 0.2) is 30.3 Å². The van der Waals surface area contributed by atoms with Crippen LogP contribution in [0.2, 0.25) is 0 Å². The molecule has 7 nitrogen and oxygen atoms in total. The maximum atomic E-state index is 13.2. The van der Waals surface area contributed by atoms with Crippen molar-refractivity contribution in [2.24, 2.45) is 0 Å². The molecule has 150 valence electrons. The molecule has 1 unspecified atom stereocenters. The maximum absolute atomic E-state index is 13.2. The number of hydrogen-bond donors (Lipinski definition) is 1. The lowest BCUT2D eigenvalue weighted by molar-refractivity contribution is 0.0964. The molecule has 3 aromatic rings. The van der Waals surface area contributed by atoms with Crippen LogP contribution in [0.3, 0.4) is 0 Å². The summed E-state index contributed by atoms with van der Waals surface area (Å²) >= 11 is 0. The van der Waals surface area contributed by atoms with Gasteiger partial charge in [-0.1, -0.05) is 18.2 Å². The van der Waals surface area contributed by atoms with Gasteiger partial charge in [0.2, 0.25) is 0 Å². The van der Waals surface area contributed by atoms with Gasteiger partial charge in [0.25, 0.3) is 5.95 Å². The molecule has 0 aliphatic heterocycles. The lowest BCUT2D eigenvalue weighted by Crippen LogP contribution is -2.22. The van der Waals surface area contributed by atoms with Crippen LogP contribution in [-0.4, -0.2) is 39.2 Å². The second-order valence-electron chi connectivity index (χ2n) is 7.33. The lowest BCUT2D eigenvalue weighted by Gasteiger charge is -2.24. The Morgan fingerprint density at radius 1 is 1.17 bits per heavy atom. The van der Waals surface area contributed by atoms with Crippen molar-refractivity contribution in [2.75, 3.05) is 19.0 Å². The van der Waals surface area contributed by atoms with Gasteiger partial charge < -0.3 is 10.1 Å². The molecule has 1 aromatic carbocycles. The van der Waals surface area contributed by atoms with E-state index in [4.69, 9.17) is 4.74 Å². The first-order valence-corrected chi connectivity index (χ1v) is 9.86. The molecule has 2 heterocycles. The van der Waals surface area contributed by atoms with E-state index < -0.39 is 0 Å². The van der Waals surface area contributed by atoms with Crippen LogP contribution in [0.5, 0.6) is 5.75 Å². The second kappa shape index (κ2) is 7.66. The number of hydrogen-bond acceptors (Lipinski definition) is 6. The maximum Gasteiger partial charge on any atom is 0.251 e. The molecule has 0 bridgehead atoms. The number of carbonyl (C=O) groups is 1. The van der Waals surface area contributed by atoms with Crippen molar-refractivity contribution < 1.29 is 9.53 Å². The average molecular weight is 391 g/mol. The summed E-state index contributed by atoms with van der Waals surface area (Å²) in [5.74, 6) is 2.00. The Morgan fingerprint density at radius 2 is 1.90 bits per heavy atom. The van der Waals surface area contributed by atoms with E-state index in [2.05, 4.69) is 20.4 Å². The van der Waals surface area contributed by atoms with Crippen LogP contribution in [-0.2, 0) is 6.42 Å². The van der Waals surface area contributed by atoms with Gasteiger partial charge in [0.1, 0.15) is 5.75 Å². The second-order valence-corrected chi connectivity index (χ2v) is 7.33. The third-order valence-corrected chi connectivity index (χ3v) is 5.21. The third-order valence-electron chi connectivity index (χ3n) is 5.21. The van der Waals surface area contributed by atoms with Crippen molar-refractivity contribution in [3.63, 3.8) is 0 Å². The summed E-state index contributed by atoms with van der Waals surface area (Å²) in [5, 5.41) is 7.91. The Labute approximate surface area is 170 Å². The molecule has 29 heavy (non-hydrogen) atoms. The van der Waals surface area contributed by atoms with Gasteiger partial charge in [-0.05, 0) is 44.9 Å². The first-order chi connectivity index (χ1) is 14.0. The fourth-order valence-electron chi connectivity index (χ4n) is 4.05. The Balaban J connectivity index is 1.85. The predicted octanol–water partition coefficient (Wildman–Crippen LogP) is 3.63. The minimum Gasteiger partial charge on any atom is -0.496 e. The fraction of sp³-hybridized carbons (Fsp3) is 0.364. The largest absolute Gasteiger partial charge is 0.496 e. The van der Waals surface area contributed by atoms with Crippen molar-refractivity contribution in [1.29, 1.82) is 0 Å². The van der Waals surface area contributed by atoms with E-state index >= 15 is 0 Å². The SMILES string of the molecule is CCNc1nn(-c2nc(C)cc(C)n2)c2c1C(=O)CC(c1ccccc1OC)C2. The number of nitrogens with zero attached hydrogens (tertiary/aromatic N) is 4. The number of anilines is 1. The summed E-state index contributed by atoms with van der Waals surface area (Å²) in [6.07, 6.45) is 1.08. The van der Waals surface area contributed by atoms with Crippen LogP contribution < -0.4 is 10.1 Å².